The van der Waals surface area contributed by atoms with E-state index in [-0.39, 0.29) is 10.8 Å². The summed E-state index contributed by atoms with van der Waals surface area (Å²) in [6.45, 7) is 17.2. The molecule has 0 saturated heterocycles. The second-order valence-electron chi connectivity index (χ2n) is 8.58. The van der Waals surface area contributed by atoms with Gasteiger partial charge in [-0.2, -0.15) is 0 Å². The van der Waals surface area contributed by atoms with Crippen LogP contribution in [0.25, 0.3) is 0 Å². The summed E-state index contributed by atoms with van der Waals surface area (Å²) >= 11 is 0. The molecule has 0 rings (SSSR count). The van der Waals surface area contributed by atoms with Crippen molar-refractivity contribution in [3.63, 3.8) is 0 Å². The summed E-state index contributed by atoms with van der Waals surface area (Å²) < 4.78 is 0. The standard InChI is InChI=1S/C17H34O/c1-15(2,3)12-10-9-11-13-17(7,8)14(18)16(4,5)6/h9-13H2,1-8H3. The van der Waals surface area contributed by atoms with Gasteiger partial charge in [-0.3, -0.25) is 4.79 Å². The average Bonchev–Trinajstić information content (AvgIpc) is 2.12. The van der Waals surface area contributed by atoms with Crippen LogP contribution in [-0.2, 0) is 4.79 Å². The molecule has 0 fully saturated rings. The molecule has 0 aliphatic rings. The summed E-state index contributed by atoms with van der Waals surface area (Å²) in [6, 6.07) is 0. The number of ketones is 1. The van der Waals surface area contributed by atoms with Crippen LogP contribution >= 0.6 is 0 Å². The SMILES string of the molecule is CC(C)(C)CCCCCC(C)(C)C(=O)C(C)(C)C. The van der Waals surface area contributed by atoms with E-state index in [1.165, 1.54) is 25.7 Å². The van der Waals surface area contributed by atoms with E-state index in [1.807, 2.05) is 20.8 Å². The molecule has 0 aliphatic carbocycles. The Labute approximate surface area is 115 Å². The number of carbonyl (C=O) groups is 1. The molecule has 0 radical (unpaired) electrons. The molecule has 0 spiro atoms. The minimum Gasteiger partial charge on any atom is -0.299 e. The lowest BCUT2D eigenvalue weighted by Gasteiger charge is -2.31. The fourth-order valence-corrected chi connectivity index (χ4v) is 2.53. The Kier molecular flexibility index (Phi) is 6.10. The molecule has 0 unspecified atom stereocenters. The molecule has 0 aromatic carbocycles. The van der Waals surface area contributed by atoms with Crippen LogP contribution < -0.4 is 0 Å². The molecule has 0 saturated carbocycles. The zero-order valence-electron chi connectivity index (χ0n) is 13.9. The summed E-state index contributed by atoms with van der Waals surface area (Å²) in [5, 5.41) is 0. The number of rotatable bonds is 6. The van der Waals surface area contributed by atoms with Crippen molar-refractivity contribution in [1.29, 1.82) is 0 Å². The Balaban J connectivity index is 4.03. The lowest BCUT2D eigenvalue weighted by molar-refractivity contribution is -0.135. The van der Waals surface area contributed by atoms with Crippen LogP contribution in [0.3, 0.4) is 0 Å². The van der Waals surface area contributed by atoms with Crippen molar-refractivity contribution in [2.24, 2.45) is 16.2 Å². The van der Waals surface area contributed by atoms with Gasteiger partial charge in [-0.25, -0.2) is 0 Å². The highest BCUT2D eigenvalue weighted by molar-refractivity contribution is 5.88. The molecule has 18 heavy (non-hydrogen) atoms. The first-order valence-corrected chi connectivity index (χ1v) is 7.41. The number of Topliss-reactive ketones (excluding diaryl/α,β-unsaturated/α-hetero) is 1. The number of hydrogen-bond donors (Lipinski definition) is 0. The molecule has 0 bridgehead atoms. The van der Waals surface area contributed by atoms with Gasteiger partial charge >= 0.3 is 0 Å². The van der Waals surface area contributed by atoms with E-state index in [9.17, 15) is 4.79 Å². The van der Waals surface area contributed by atoms with Crippen molar-refractivity contribution < 1.29 is 4.79 Å². The van der Waals surface area contributed by atoms with Gasteiger partial charge in [0.05, 0.1) is 0 Å². The first kappa shape index (κ1) is 17.7. The Hall–Kier alpha value is -0.330. The third-order valence-electron chi connectivity index (χ3n) is 3.52. The lowest BCUT2D eigenvalue weighted by Crippen LogP contribution is -2.34. The largest absolute Gasteiger partial charge is 0.299 e. The van der Waals surface area contributed by atoms with E-state index in [4.69, 9.17) is 0 Å². The van der Waals surface area contributed by atoms with E-state index in [1.54, 1.807) is 0 Å². The highest BCUT2D eigenvalue weighted by Gasteiger charge is 2.35. The molecule has 1 nitrogen and oxygen atoms in total. The maximum absolute atomic E-state index is 12.3. The van der Waals surface area contributed by atoms with E-state index in [2.05, 4.69) is 34.6 Å². The molecule has 0 N–H and O–H groups in total. The Bertz CT molecular complexity index is 260. The molecule has 0 aromatic heterocycles. The van der Waals surface area contributed by atoms with Gasteiger partial charge in [0.25, 0.3) is 0 Å². The molecule has 0 atom stereocenters. The van der Waals surface area contributed by atoms with Crippen molar-refractivity contribution >= 4 is 5.78 Å². The van der Waals surface area contributed by atoms with Crippen LogP contribution in [0.4, 0.5) is 0 Å². The van der Waals surface area contributed by atoms with Gasteiger partial charge in [-0.15, -0.1) is 0 Å². The highest BCUT2D eigenvalue weighted by Crippen LogP contribution is 2.33. The van der Waals surface area contributed by atoms with Crippen LogP contribution in [0.5, 0.6) is 0 Å². The molecule has 108 valence electrons. The molecule has 0 heterocycles. The first-order chi connectivity index (χ1) is 7.86. The predicted molar refractivity (Wildman–Crippen MR) is 80.8 cm³/mol. The van der Waals surface area contributed by atoms with Gasteiger partial charge in [-0.1, -0.05) is 74.7 Å². The molecule has 1 heteroatoms. The molecular weight excluding hydrogens is 220 g/mol. The summed E-state index contributed by atoms with van der Waals surface area (Å²) in [5.41, 5.74) is 0.0611. The van der Waals surface area contributed by atoms with Gasteiger partial charge < -0.3 is 0 Å². The Morgan fingerprint density at radius 3 is 1.56 bits per heavy atom. The second kappa shape index (κ2) is 6.21. The minimum absolute atomic E-state index is 0.167. The maximum Gasteiger partial charge on any atom is 0.143 e. The molecular formula is C17H34O. The third-order valence-corrected chi connectivity index (χ3v) is 3.52. The van der Waals surface area contributed by atoms with Crippen LogP contribution in [0, 0.1) is 16.2 Å². The summed E-state index contributed by atoms with van der Waals surface area (Å²) in [4.78, 5) is 12.3. The second-order valence-corrected chi connectivity index (χ2v) is 8.58. The monoisotopic (exact) mass is 254 g/mol. The van der Waals surface area contributed by atoms with Crippen LogP contribution in [0.1, 0.15) is 87.5 Å². The quantitative estimate of drug-likeness (QED) is 0.562. The van der Waals surface area contributed by atoms with Crippen molar-refractivity contribution in [2.45, 2.75) is 87.5 Å². The molecule has 0 amide bonds. The fourth-order valence-electron chi connectivity index (χ4n) is 2.53. The Morgan fingerprint density at radius 1 is 0.722 bits per heavy atom. The van der Waals surface area contributed by atoms with Crippen LogP contribution in [0.2, 0.25) is 0 Å². The van der Waals surface area contributed by atoms with Gasteiger partial charge in [-0.05, 0) is 18.3 Å². The van der Waals surface area contributed by atoms with Crippen molar-refractivity contribution in [3.8, 4) is 0 Å². The lowest BCUT2D eigenvalue weighted by atomic mass is 9.72. The molecule has 0 aromatic rings. The zero-order chi connectivity index (χ0) is 14.6. The topological polar surface area (TPSA) is 17.1 Å². The van der Waals surface area contributed by atoms with Crippen molar-refractivity contribution in [1.82, 2.24) is 0 Å². The smallest absolute Gasteiger partial charge is 0.143 e. The van der Waals surface area contributed by atoms with Gasteiger partial charge in [0.15, 0.2) is 0 Å². The van der Waals surface area contributed by atoms with Gasteiger partial charge in [0.2, 0.25) is 0 Å². The average molecular weight is 254 g/mol. The van der Waals surface area contributed by atoms with E-state index < -0.39 is 0 Å². The van der Waals surface area contributed by atoms with Crippen LogP contribution in [0.15, 0.2) is 0 Å². The van der Waals surface area contributed by atoms with Crippen molar-refractivity contribution in [3.05, 3.63) is 0 Å². The zero-order valence-corrected chi connectivity index (χ0v) is 13.9. The summed E-state index contributed by atoms with van der Waals surface area (Å²) in [5.74, 6) is 0.394. The normalized spacial score (nSPS) is 13.8. The number of carbonyl (C=O) groups excluding carboxylic acids is 1. The van der Waals surface area contributed by atoms with Gasteiger partial charge in [0, 0.05) is 10.8 Å². The summed E-state index contributed by atoms with van der Waals surface area (Å²) in [6.07, 6.45) is 6.00. The summed E-state index contributed by atoms with van der Waals surface area (Å²) in [7, 11) is 0. The predicted octanol–water partition coefficient (Wildman–Crippen LogP) is 5.62. The van der Waals surface area contributed by atoms with Gasteiger partial charge in [0.1, 0.15) is 5.78 Å². The van der Waals surface area contributed by atoms with Crippen molar-refractivity contribution in [2.75, 3.05) is 0 Å². The van der Waals surface area contributed by atoms with E-state index in [0.29, 0.717) is 11.2 Å². The highest BCUT2D eigenvalue weighted by atomic mass is 16.1. The number of hydrogen-bond acceptors (Lipinski definition) is 1. The van der Waals surface area contributed by atoms with E-state index >= 15 is 0 Å². The van der Waals surface area contributed by atoms with E-state index in [0.717, 1.165) is 6.42 Å². The first-order valence-electron chi connectivity index (χ1n) is 7.41. The van der Waals surface area contributed by atoms with Crippen LogP contribution in [-0.4, -0.2) is 5.78 Å². The third kappa shape index (κ3) is 7.18. The molecule has 0 aliphatic heterocycles. The fraction of sp³-hybridized carbons (Fsp3) is 0.941. The minimum atomic E-state index is -0.213. The maximum atomic E-state index is 12.3. The Morgan fingerprint density at radius 2 is 1.17 bits per heavy atom. The number of unbranched alkanes of at least 4 members (excludes halogenated alkanes) is 2.